The molecule has 2 unspecified atom stereocenters. The zero-order valence-corrected chi connectivity index (χ0v) is 21.2. The van der Waals surface area contributed by atoms with Crippen LogP contribution >= 0.6 is 11.6 Å². The molecule has 1 aliphatic heterocycles. The Morgan fingerprint density at radius 1 is 1.26 bits per heavy atom. The standard InChI is InChI=1S/C25H32ClN3O5/c1-14(7-15(2)29(24(31)32)25(4,5)6)12-33-22-10-21-19(8-20(22)26)18-9-23(28-16(3)30)27-11-17(18)13-34-21/h8-11,14-15H,7,12-13H2,1-6H3,(H,31,32)(H,27,28,30). The number of amides is 2. The third-order valence-corrected chi connectivity index (χ3v) is 5.93. The van der Waals surface area contributed by atoms with Gasteiger partial charge in [0.1, 0.15) is 23.9 Å². The van der Waals surface area contributed by atoms with Gasteiger partial charge in [0.25, 0.3) is 0 Å². The number of carboxylic acid groups (broad SMARTS) is 1. The van der Waals surface area contributed by atoms with E-state index in [-0.39, 0.29) is 17.9 Å². The van der Waals surface area contributed by atoms with Gasteiger partial charge in [-0.15, -0.1) is 0 Å². The lowest BCUT2D eigenvalue weighted by Crippen LogP contribution is -2.50. The summed E-state index contributed by atoms with van der Waals surface area (Å²) in [6.07, 6.45) is 1.40. The number of hydrogen-bond acceptors (Lipinski definition) is 5. The highest BCUT2D eigenvalue weighted by atomic mass is 35.5. The number of aromatic nitrogens is 1. The number of nitrogens with zero attached hydrogens (tertiary/aromatic N) is 2. The van der Waals surface area contributed by atoms with Gasteiger partial charge in [-0.25, -0.2) is 9.78 Å². The van der Waals surface area contributed by atoms with E-state index >= 15 is 0 Å². The molecule has 0 aliphatic carbocycles. The average molecular weight is 490 g/mol. The fourth-order valence-corrected chi connectivity index (χ4v) is 4.57. The molecule has 8 nitrogen and oxygen atoms in total. The molecule has 0 spiro atoms. The van der Waals surface area contributed by atoms with Crippen molar-refractivity contribution in [2.75, 3.05) is 11.9 Å². The lowest BCUT2D eigenvalue weighted by Gasteiger charge is -2.39. The number of carbonyl (C=O) groups excluding carboxylic acids is 1. The largest absolute Gasteiger partial charge is 0.492 e. The number of rotatable bonds is 7. The highest BCUT2D eigenvalue weighted by molar-refractivity contribution is 6.32. The second-order valence-electron chi connectivity index (χ2n) is 9.80. The van der Waals surface area contributed by atoms with E-state index in [9.17, 15) is 14.7 Å². The number of anilines is 1. The maximum atomic E-state index is 11.7. The molecule has 3 rings (SSSR count). The Balaban J connectivity index is 1.72. The number of carbonyl (C=O) groups is 2. The molecule has 2 aromatic rings. The summed E-state index contributed by atoms with van der Waals surface area (Å²) in [6, 6.07) is 5.21. The molecular weight excluding hydrogens is 458 g/mol. The second kappa shape index (κ2) is 10.1. The smallest absolute Gasteiger partial charge is 0.407 e. The lowest BCUT2D eigenvalue weighted by atomic mass is 9.97. The van der Waals surface area contributed by atoms with Gasteiger partial charge in [-0.05, 0) is 57.7 Å². The summed E-state index contributed by atoms with van der Waals surface area (Å²) >= 11 is 6.54. The van der Waals surface area contributed by atoms with Crippen molar-refractivity contribution in [3.05, 3.63) is 35.0 Å². The van der Waals surface area contributed by atoms with Crippen molar-refractivity contribution in [1.82, 2.24) is 9.88 Å². The molecule has 0 fully saturated rings. The first kappa shape index (κ1) is 25.6. The number of ether oxygens (including phenoxy) is 2. The predicted molar refractivity (Wildman–Crippen MR) is 132 cm³/mol. The van der Waals surface area contributed by atoms with Crippen LogP contribution in [0.1, 0.15) is 53.5 Å². The van der Waals surface area contributed by atoms with Gasteiger partial charge in [-0.2, -0.15) is 0 Å². The molecule has 2 N–H and O–H groups in total. The number of pyridine rings is 1. The average Bonchev–Trinajstić information content (AvgIpc) is 2.70. The Bertz CT molecular complexity index is 1080. The van der Waals surface area contributed by atoms with Crippen molar-refractivity contribution >= 4 is 29.4 Å². The minimum absolute atomic E-state index is 0.0965. The zero-order chi connectivity index (χ0) is 25.2. The van der Waals surface area contributed by atoms with Crippen molar-refractivity contribution < 1.29 is 24.2 Å². The van der Waals surface area contributed by atoms with Crippen molar-refractivity contribution in [2.24, 2.45) is 5.92 Å². The lowest BCUT2D eigenvalue weighted by molar-refractivity contribution is -0.114. The Kier molecular flexibility index (Phi) is 7.60. The highest BCUT2D eigenvalue weighted by Gasteiger charge is 2.31. The summed E-state index contributed by atoms with van der Waals surface area (Å²) in [5.41, 5.74) is 2.11. The van der Waals surface area contributed by atoms with E-state index in [1.165, 1.54) is 11.8 Å². The van der Waals surface area contributed by atoms with Gasteiger partial charge >= 0.3 is 6.09 Å². The van der Waals surface area contributed by atoms with Crippen LogP contribution in [0.15, 0.2) is 24.4 Å². The second-order valence-corrected chi connectivity index (χ2v) is 10.2. The first-order valence-electron chi connectivity index (χ1n) is 11.2. The van der Waals surface area contributed by atoms with Crippen LogP contribution in [0.4, 0.5) is 10.6 Å². The fourth-order valence-electron chi connectivity index (χ4n) is 4.35. The number of benzene rings is 1. The Labute approximate surface area is 205 Å². The molecular formula is C25H32ClN3O5. The van der Waals surface area contributed by atoms with Gasteiger partial charge in [0.05, 0.1) is 11.6 Å². The molecule has 0 saturated heterocycles. The van der Waals surface area contributed by atoms with Gasteiger partial charge in [0.2, 0.25) is 5.91 Å². The molecule has 1 aromatic carbocycles. The molecule has 9 heteroatoms. The minimum atomic E-state index is -0.930. The summed E-state index contributed by atoms with van der Waals surface area (Å²) in [5.74, 6) is 1.51. The molecule has 0 radical (unpaired) electrons. The van der Waals surface area contributed by atoms with Crippen LogP contribution in [0.5, 0.6) is 11.5 Å². The SMILES string of the molecule is CC(=O)Nc1cc2c(cn1)COc1cc(OCC(C)CC(C)N(C(=O)O)C(C)(C)C)c(Cl)cc1-2. The van der Waals surface area contributed by atoms with E-state index < -0.39 is 11.6 Å². The van der Waals surface area contributed by atoms with Gasteiger partial charge in [-0.1, -0.05) is 18.5 Å². The van der Waals surface area contributed by atoms with Crippen LogP contribution in [-0.4, -0.2) is 45.2 Å². The van der Waals surface area contributed by atoms with Gasteiger partial charge in [-0.3, -0.25) is 4.79 Å². The summed E-state index contributed by atoms with van der Waals surface area (Å²) in [4.78, 5) is 28.8. The van der Waals surface area contributed by atoms with Crippen LogP contribution in [0.2, 0.25) is 5.02 Å². The fraction of sp³-hybridized carbons (Fsp3) is 0.480. The van der Waals surface area contributed by atoms with Gasteiger partial charge in [0, 0.05) is 41.9 Å². The van der Waals surface area contributed by atoms with Crippen molar-refractivity contribution in [3.8, 4) is 22.6 Å². The van der Waals surface area contributed by atoms with Crippen molar-refractivity contribution in [2.45, 2.75) is 66.2 Å². The first-order chi connectivity index (χ1) is 15.9. The van der Waals surface area contributed by atoms with Crippen LogP contribution in [-0.2, 0) is 11.4 Å². The van der Waals surface area contributed by atoms with Crippen molar-refractivity contribution in [3.63, 3.8) is 0 Å². The Morgan fingerprint density at radius 3 is 2.59 bits per heavy atom. The molecule has 34 heavy (non-hydrogen) atoms. The summed E-state index contributed by atoms with van der Waals surface area (Å²) in [5, 5.41) is 12.8. The number of fused-ring (bicyclic) bond motifs is 3. The normalized spacial score (nSPS) is 14.2. The molecule has 2 atom stereocenters. The molecule has 2 amide bonds. The Hall–Kier alpha value is -3.00. The van der Waals surface area contributed by atoms with Crippen molar-refractivity contribution in [1.29, 1.82) is 0 Å². The van der Waals surface area contributed by atoms with E-state index in [0.29, 0.717) is 42.0 Å². The zero-order valence-electron chi connectivity index (χ0n) is 20.4. The number of halogens is 1. The van der Waals surface area contributed by atoms with E-state index in [4.69, 9.17) is 21.1 Å². The molecule has 1 aliphatic rings. The summed E-state index contributed by atoms with van der Waals surface area (Å²) in [7, 11) is 0. The predicted octanol–water partition coefficient (Wildman–Crippen LogP) is 5.82. The third-order valence-electron chi connectivity index (χ3n) is 5.63. The monoisotopic (exact) mass is 489 g/mol. The minimum Gasteiger partial charge on any atom is -0.492 e. The van der Waals surface area contributed by atoms with Crippen LogP contribution in [0.25, 0.3) is 11.1 Å². The van der Waals surface area contributed by atoms with E-state index in [0.717, 1.165) is 16.7 Å². The first-order valence-corrected chi connectivity index (χ1v) is 11.6. The number of hydrogen-bond donors (Lipinski definition) is 2. The molecule has 0 bridgehead atoms. The maximum Gasteiger partial charge on any atom is 0.407 e. The van der Waals surface area contributed by atoms with E-state index in [1.807, 2.05) is 40.7 Å². The Morgan fingerprint density at radius 2 is 1.97 bits per heavy atom. The summed E-state index contributed by atoms with van der Waals surface area (Å²) < 4.78 is 11.9. The third kappa shape index (κ3) is 5.91. The topological polar surface area (TPSA) is 101 Å². The quantitative estimate of drug-likeness (QED) is 0.507. The maximum absolute atomic E-state index is 11.7. The van der Waals surface area contributed by atoms with Crippen LogP contribution in [0, 0.1) is 5.92 Å². The van der Waals surface area contributed by atoms with Crippen LogP contribution < -0.4 is 14.8 Å². The molecule has 1 aromatic heterocycles. The number of nitrogens with one attached hydrogen (secondary N) is 1. The van der Waals surface area contributed by atoms with E-state index in [1.54, 1.807) is 18.3 Å². The van der Waals surface area contributed by atoms with Gasteiger partial charge in [0.15, 0.2) is 0 Å². The molecule has 0 saturated carbocycles. The van der Waals surface area contributed by atoms with E-state index in [2.05, 4.69) is 10.3 Å². The molecule has 184 valence electrons. The van der Waals surface area contributed by atoms with Gasteiger partial charge < -0.3 is 24.8 Å². The highest BCUT2D eigenvalue weighted by Crippen LogP contribution is 2.43. The molecule has 2 heterocycles. The summed E-state index contributed by atoms with van der Waals surface area (Å²) in [6.45, 7) is 11.8. The van der Waals surface area contributed by atoms with Crippen LogP contribution in [0.3, 0.4) is 0 Å².